The van der Waals surface area contributed by atoms with E-state index in [1.807, 2.05) is 0 Å². The second-order valence-electron chi connectivity index (χ2n) is 3.20. The molecule has 0 spiro atoms. The molecule has 0 saturated carbocycles. The Bertz CT molecular complexity index is 199. The molecule has 3 nitrogen and oxygen atoms in total. The maximum atomic E-state index is 11.7. The lowest BCUT2D eigenvalue weighted by Gasteiger charge is -2.09. The molecule has 0 aromatic carbocycles. The number of carbonyl (C=O) groups is 1. The van der Waals surface area contributed by atoms with Crippen molar-refractivity contribution in [2.45, 2.75) is 13.1 Å². The van der Waals surface area contributed by atoms with Crippen LogP contribution >= 0.6 is 11.8 Å². The Labute approximate surface area is 90.4 Å². The third-order valence-corrected chi connectivity index (χ3v) is 2.46. The minimum Gasteiger partial charge on any atom is -0.396 e. The van der Waals surface area contributed by atoms with E-state index in [1.165, 1.54) is 0 Å². The number of rotatable bonds is 6. The van der Waals surface area contributed by atoms with E-state index in [4.69, 9.17) is 5.11 Å². The maximum absolute atomic E-state index is 11.7. The van der Waals surface area contributed by atoms with Gasteiger partial charge in [0.25, 0.3) is 0 Å². The van der Waals surface area contributed by atoms with Crippen LogP contribution in [0.25, 0.3) is 0 Å². The molecular formula is C8H14F3NO2S. The largest absolute Gasteiger partial charge is 0.397 e. The quantitative estimate of drug-likeness (QED) is 0.734. The van der Waals surface area contributed by atoms with E-state index in [9.17, 15) is 18.0 Å². The van der Waals surface area contributed by atoms with Crippen LogP contribution in [-0.2, 0) is 4.79 Å². The highest BCUT2D eigenvalue weighted by atomic mass is 32.2. The number of aliphatic hydroxyl groups is 1. The number of hydrogen-bond acceptors (Lipinski definition) is 3. The molecule has 0 aliphatic carbocycles. The predicted octanol–water partition coefficient (Wildman–Crippen LogP) is 1.03. The predicted molar refractivity (Wildman–Crippen MR) is 52.6 cm³/mol. The van der Waals surface area contributed by atoms with Crippen molar-refractivity contribution >= 4 is 17.7 Å². The number of halogens is 3. The summed E-state index contributed by atoms with van der Waals surface area (Å²) >= 11 is 0.528. The molecule has 0 heterocycles. The minimum absolute atomic E-state index is 0.0595. The van der Waals surface area contributed by atoms with Crippen molar-refractivity contribution in [1.82, 2.24) is 5.32 Å². The molecule has 0 saturated heterocycles. The Hall–Kier alpha value is -0.430. The fourth-order valence-corrected chi connectivity index (χ4v) is 1.28. The van der Waals surface area contributed by atoms with E-state index in [-0.39, 0.29) is 24.8 Å². The van der Waals surface area contributed by atoms with Gasteiger partial charge in [0.05, 0.1) is 11.5 Å². The Morgan fingerprint density at radius 1 is 1.53 bits per heavy atom. The van der Waals surface area contributed by atoms with E-state index >= 15 is 0 Å². The maximum Gasteiger partial charge on any atom is 0.397 e. The number of carbonyl (C=O) groups excluding carboxylic acids is 1. The zero-order valence-electron chi connectivity index (χ0n) is 8.30. The van der Waals surface area contributed by atoms with Gasteiger partial charge in [-0.3, -0.25) is 4.79 Å². The summed E-state index contributed by atoms with van der Waals surface area (Å²) in [6.07, 6.45) is -4.23. The molecular weight excluding hydrogens is 231 g/mol. The van der Waals surface area contributed by atoms with Crippen molar-refractivity contribution in [2.75, 3.05) is 24.7 Å². The van der Waals surface area contributed by atoms with Crippen LogP contribution in [0.5, 0.6) is 0 Å². The highest BCUT2D eigenvalue weighted by molar-refractivity contribution is 8.00. The van der Waals surface area contributed by atoms with Crippen molar-refractivity contribution < 1.29 is 23.1 Å². The molecule has 0 fully saturated rings. The van der Waals surface area contributed by atoms with Crippen molar-refractivity contribution in [3.63, 3.8) is 0 Å². The van der Waals surface area contributed by atoms with Gasteiger partial charge in [-0.1, -0.05) is 6.92 Å². The molecule has 1 amide bonds. The normalized spacial score (nSPS) is 13.7. The van der Waals surface area contributed by atoms with Gasteiger partial charge < -0.3 is 10.4 Å². The molecule has 0 aromatic heterocycles. The fraction of sp³-hybridized carbons (Fsp3) is 0.875. The fourth-order valence-electron chi connectivity index (χ4n) is 0.663. The van der Waals surface area contributed by atoms with E-state index in [0.29, 0.717) is 11.8 Å². The van der Waals surface area contributed by atoms with Crippen LogP contribution in [0.2, 0.25) is 0 Å². The summed E-state index contributed by atoms with van der Waals surface area (Å²) in [5.41, 5.74) is 0. The first-order chi connectivity index (χ1) is 6.85. The van der Waals surface area contributed by atoms with Gasteiger partial charge in [0.15, 0.2) is 0 Å². The topological polar surface area (TPSA) is 49.3 Å². The van der Waals surface area contributed by atoms with Crippen LogP contribution in [0.3, 0.4) is 0 Å². The summed E-state index contributed by atoms with van der Waals surface area (Å²) in [6.45, 7) is 1.95. The monoisotopic (exact) mass is 245 g/mol. The van der Waals surface area contributed by atoms with Gasteiger partial charge in [-0.2, -0.15) is 13.2 Å². The van der Waals surface area contributed by atoms with Gasteiger partial charge in [-0.25, -0.2) is 0 Å². The number of hydrogen-bond donors (Lipinski definition) is 2. The average Bonchev–Trinajstić information content (AvgIpc) is 2.12. The molecule has 90 valence electrons. The summed E-state index contributed by atoms with van der Waals surface area (Å²) in [6, 6.07) is 0. The van der Waals surface area contributed by atoms with Gasteiger partial charge in [-0.05, 0) is 5.92 Å². The van der Waals surface area contributed by atoms with Crippen LogP contribution in [0.1, 0.15) is 6.92 Å². The summed E-state index contributed by atoms with van der Waals surface area (Å²) in [4.78, 5) is 11.0. The van der Waals surface area contributed by atoms with Crippen molar-refractivity contribution in [1.29, 1.82) is 0 Å². The lowest BCUT2D eigenvalue weighted by atomic mass is 10.2. The molecule has 0 rings (SSSR count). The lowest BCUT2D eigenvalue weighted by Crippen LogP contribution is -2.31. The minimum atomic E-state index is -4.23. The number of nitrogens with one attached hydrogen (secondary N) is 1. The highest BCUT2D eigenvalue weighted by Gasteiger charge is 2.27. The van der Waals surface area contributed by atoms with Crippen LogP contribution in [0, 0.1) is 5.92 Å². The van der Waals surface area contributed by atoms with Gasteiger partial charge in [0.2, 0.25) is 5.91 Å². The molecule has 1 atom stereocenters. The van der Waals surface area contributed by atoms with Crippen molar-refractivity contribution in [3.05, 3.63) is 0 Å². The molecule has 2 N–H and O–H groups in total. The van der Waals surface area contributed by atoms with E-state index in [2.05, 4.69) is 5.32 Å². The SMILES string of the molecule is CC(CO)CNC(=O)CSCC(F)(F)F. The first-order valence-electron chi connectivity index (χ1n) is 4.37. The molecule has 0 radical (unpaired) electrons. The molecule has 0 aliphatic heterocycles. The highest BCUT2D eigenvalue weighted by Crippen LogP contribution is 2.20. The second-order valence-corrected chi connectivity index (χ2v) is 4.19. The number of aliphatic hydroxyl groups excluding tert-OH is 1. The molecule has 7 heteroatoms. The van der Waals surface area contributed by atoms with Gasteiger partial charge in [0, 0.05) is 13.2 Å². The first-order valence-corrected chi connectivity index (χ1v) is 5.52. The van der Waals surface area contributed by atoms with E-state index < -0.39 is 17.8 Å². The van der Waals surface area contributed by atoms with Crippen LogP contribution < -0.4 is 5.32 Å². The Morgan fingerprint density at radius 3 is 2.60 bits per heavy atom. The molecule has 1 unspecified atom stereocenters. The number of alkyl halides is 3. The summed E-state index contributed by atoms with van der Waals surface area (Å²) in [5.74, 6) is -1.75. The Balaban J connectivity index is 3.50. The van der Waals surface area contributed by atoms with Gasteiger partial charge in [-0.15, -0.1) is 11.8 Å². The van der Waals surface area contributed by atoms with Gasteiger partial charge >= 0.3 is 6.18 Å². The van der Waals surface area contributed by atoms with Crippen LogP contribution in [0.15, 0.2) is 0 Å². The molecule has 0 aliphatic rings. The zero-order valence-corrected chi connectivity index (χ0v) is 9.12. The summed E-state index contributed by atoms with van der Waals surface area (Å²) < 4.78 is 35.1. The lowest BCUT2D eigenvalue weighted by molar-refractivity contribution is -0.118. The van der Waals surface area contributed by atoms with E-state index in [1.54, 1.807) is 6.92 Å². The van der Waals surface area contributed by atoms with Crippen molar-refractivity contribution in [3.8, 4) is 0 Å². The van der Waals surface area contributed by atoms with Crippen LogP contribution in [-0.4, -0.2) is 41.8 Å². The zero-order chi connectivity index (χ0) is 11.9. The number of amides is 1. The standard InChI is InChI=1S/C8H14F3NO2S/c1-6(3-13)2-12-7(14)4-15-5-8(9,10)11/h6,13H,2-5H2,1H3,(H,12,14). The Kier molecular flexibility index (Phi) is 6.75. The van der Waals surface area contributed by atoms with Crippen molar-refractivity contribution in [2.24, 2.45) is 5.92 Å². The molecule has 15 heavy (non-hydrogen) atoms. The van der Waals surface area contributed by atoms with Crippen LogP contribution in [0.4, 0.5) is 13.2 Å². The second kappa shape index (κ2) is 6.95. The van der Waals surface area contributed by atoms with Gasteiger partial charge in [0.1, 0.15) is 0 Å². The smallest absolute Gasteiger partial charge is 0.396 e. The Morgan fingerprint density at radius 2 is 2.13 bits per heavy atom. The summed E-state index contributed by atoms with van der Waals surface area (Å²) in [7, 11) is 0. The molecule has 0 aromatic rings. The first kappa shape index (κ1) is 14.6. The van der Waals surface area contributed by atoms with E-state index in [0.717, 1.165) is 0 Å². The summed E-state index contributed by atoms with van der Waals surface area (Å²) in [5, 5.41) is 11.1. The third-order valence-electron chi connectivity index (χ3n) is 1.46. The third kappa shape index (κ3) is 9.86. The molecule has 0 bridgehead atoms. The average molecular weight is 245 g/mol. The number of thioether (sulfide) groups is 1.